The molecule has 1 aliphatic heterocycles. The van der Waals surface area contributed by atoms with Crippen molar-refractivity contribution in [3.8, 4) is 0 Å². The number of thioether (sulfide) groups is 1. The third-order valence-corrected chi connectivity index (χ3v) is 4.53. The number of hydrogen-bond acceptors (Lipinski definition) is 3. The second-order valence-electron chi connectivity index (χ2n) is 5.29. The molecule has 1 amide bonds. The van der Waals surface area contributed by atoms with E-state index in [9.17, 15) is 4.79 Å². The first-order valence-corrected chi connectivity index (χ1v) is 8.59. The molecule has 0 unspecified atom stereocenters. The van der Waals surface area contributed by atoms with E-state index in [1.807, 2.05) is 35.4 Å². The first-order chi connectivity index (χ1) is 10.2. The van der Waals surface area contributed by atoms with E-state index >= 15 is 0 Å². The van der Waals surface area contributed by atoms with Gasteiger partial charge in [-0.15, -0.1) is 18.3 Å². The lowest BCUT2D eigenvalue weighted by atomic mass is 9.97. The molecule has 1 heterocycles. The molecule has 1 saturated heterocycles. The first-order valence-electron chi connectivity index (χ1n) is 7.36. The molecule has 1 fully saturated rings. The van der Waals surface area contributed by atoms with Gasteiger partial charge in [0.1, 0.15) is 0 Å². The maximum atomic E-state index is 12.5. The summed E-state index contributed by atoms with van der Waals surface area (Å²) in [4.78, 5) is 15.6. The summed E-state index contributed by atoms with van der Waals surface area (Å²) >= 11 is 1.66. The minimum Gasteiger partial charge on any atom is -0.377 e. The van der Waals surface area contributed by atoms with E-state index in [4.69, 9.17) is 4.74 Å². The minimum absolute atomic E-state index is 0.149. The van der Waals surface area contributed by atoms with Gasteiger partial charge in [-0.3, -0.25) is 4.79 Å². The summed E-state index contributed by atoms with van der Waals surface area (Å²) in [6.45, 7) is 6.68. The summed E-state index contributed by atoms with van der Waals surface area (Å²) in [6, 6.07) is 7.87. The van der Waals surface area contributed by atoms with Crippen LogP contribution in [-0.4, -0.2) is 43.4 Å². The third kappa shape index (κ3) is 4.61. The molecule has 1 aliphatic rings. The molecule has 21 heavy (non-hydrogen) atoms. The molecule has 0 saturated carbocycles. The highest BCUT2D eigenvalue weighted by molar-refractivity contribution is 7.98. The monoisotopic (exact) mass is 305 g/mol. The van der Waals surface area contributed by atoms with Crippen molar-refractivity contribution in [2.75, 3.05) is 32.6 Å². The lowest BCUT2D eigenvalue weighted by molar-refractivity contribution is 0.0575. The van der Waals surface area contributed by atoms with Crippen LogP contribution in [0.25, 0.3) is 0 Å². The van der Waals surface area contributed by atoms with Gasteiger partial charge in [0.05, 0.1) is 6.61 Å². The standard InChI is InChI=1S/C17H23NO2S/c1-3-11-20-13-14-7-9-18(10-8-14)17(19)15-5-4-6-16(12-15)21-2/h3-6,12,14H,1,7-11,13H2,2H3. The molecule has 0 N–H and O–H groups in total. The second kappa shape index (κ2) is 8.25. The summed E-state index contributed by atoms with van der Waals surface area (Å²) in [5.74, 6) is 0.711. The summed E-state index contributed by atoms with van der Waals surface area (Å²) < 4.78 is 5.51. The highest BCUT2D eigenvalue weighted by atomic mass is 32.2. The highest BCUT2D eigenvalue weighted by Gasteiger charge is 2.23. The van der Waals surface area contributed by atoms with Crippen LogP contribution in [0.5, 0.6) is 0 Å². The number of carbonyl (C=O) groups is 1. The van der Waals surface area contributed by atoms with E-state index < -0.39 is 0 Å². The van der Waals surface area contributed by atoms with Gasteiger partial charge in [0, 0.05) is 30.2 Å². The Hall–Kier alpha value is -1.26. The number of piperidine rings is 1. The molecule has 2 rings (SSSR count). The number of hydrogen-bond donors (Lipinski definition) is 0. The average Bonchev–Trinajstić information content (AvgIpc) is 2.55. The molecule has 4 heteroatoms. The summed E-state index contributed by atoms with van der Waals surface area (Å²) in [7, 11) is 0. The number of rotatable bonds is 6. The van der Waals surface area contributed by atoms with Crippen LogP contribution < -0.4 is 0 Å². The average molecular weight is 305 g/mol. The zero-order chi connectivity index (χ0) is 15.1. The highest BCUT2D eigenvalue weighted by Crippen LogP contribution is 2.21. The van der Waals surface area contributed by atoms with E-state index in [-0.39, 0.29) is 5.91 Å². The van der Waals surface area contributed by atoms with Crippen molar-refractivity contribution in [1.82, 2.24) is 4.90 Å². The number of carbonyl (C=O) groups excluding carboxylic acids is 1. The normalized spacial score (nSPS) is 16.0. The van der Waals surface area contributed by atoms with Crippen LogP contribution in [0.1, 0.15) is 23.2 Å². The van der Waals surface area contributed by atoms with Crippen molar-refractivity contribution in [3.05, 3.63) is 42.5 Å². The first kappa shape index (κ1) is 16.1. The summed E-state index contributed by atoms with van der Waals surface area (Å²) in [5.41, 5.74) is 0.795. The largest absolute Gasteiger partial charge is 0.377 e. The van der Waals surface area contributed by atoms with Gasteiger partial charge in [-0.2, -0.15) is 0 Å². The maximum absolute atomic E-state index is 12.5. The van der Waals surface area contributed by atoms with Crippen LogP contribution in [0.4, 0.5) is 0 Å². The molecule has 0 atom stereocenters. The Balaban J connectivity index is 1.86. The Labute approximate surface area is 131 Å². The van der Waals surface area contributed by atoms with Crippen molar-refractivity contribution in [2.24, 2.45) is 5.92 Å². The van der Waals surface area contributed by atoms with Gasteiger partial charge in [0.15, 0.2) is 0 Å². The zero-order valence-corrected chi connectivity index (χ0v) is 13.4. The minimum atomic E-state index is 0.149. The number of ether oxygens (including phenoxy) is 1. The molecule has 0 radical (unpaired) electrons. The van der Waals surface area contributed by atoms with Gasteiger partial charge in [-0.05, 0) is 43.2 Å². The quantitative estimate of drug-likeness (QED) is 0.458. The van der Waals surface area contributed by atoms with Gasteiger partial charge in [0.25, 0.3) is 5.91 Å². The molecule has 0 bridgehead atoms. The maximum Gasteiger partial charge on any atom is 0.253 e. The summed E-state index contributed by atoms with van der Waals surface area (Å²) in [5, 5.41) is 0. The van der Waals surface area contributed by atoms with E-state index in [0.717, 1.165) is 43.0 Å². The molecule has 114 valence electrons. The fraction of sp³-hybridized carbons (Fsp3) is 0.471. The van der Waals surface area contributed by atoms with Crippen molar-refractivity contribution < 1.29 is 9.53 Å². The number of amides is 1. The second-order valence-corrected chi connectivity index (χ2v) is 6.17. The molecule has 0 aliphatic carbocycles. The van der Waals surface area contributed by atoms with Crippen LogP contribution in [0, 0.1) is 5.92 Å². The SMILES string of the molecule is C=CCOCC1CCN(C(=O)c2cccc(SC)c2)CC1. The van der Waals surface area contributed by atoms with Gasteiger partial charge in [-0.25, -0.2) is 0 Å². The predicted molar refractivity (Wildman–Crippen MR) is 87.9 cm³/mol. The Morgan fingerprint density at radius 1 is 1.48 bits per heavy atom. The molecule has 1 aromatic rings. The van der Waals surface area contributed by atoms with Crippen LogP contribution in [0.15, 0.2) is 41.8 Å². The third-order valence-electron chi connectivity index (χ3n) is 3.81. The number of likely N-dealkylation sites (tertiary alicyclic amines) is 1. The van der Waals surface area contributed by atoms with Gasteiger partial charge < -0.3 is 9.64 Å². The number of nitrogens with zero attached hydrogens (tertiary/aromatic N) is 1. The number of benzene rings is 1. The Morgan fingerprint density at radius 2 is 2.24 bits per heavy atom. The smallest absolute Gasteiger partial charge is 0.253 e. The predicted octanol–water partition coefficient (Wildman–Crippen LogP) is 3.46. The summed E-state index contributed by atoms with van der Waals surface area (Å²) in [6.07, 6.45) is 5.84. The van der Waals surface area contributed by atoms with Gasteiger partial charge >= 0.3 is 0 Å². The van der Waals surface area contributed by atoms with E-state index in [1.165, 1.54) is 0 Å². The van der Waals surface area contributed by atoms with Gasteiger partial charge in [-0.1, -0.05) is 12.1 Å². The van der Waals surface area contributed by atoms with Crippen molar-refractivity contribution in [2.45, 2.75) is 17.7 Å². The van der Waals surface area contributed by atoms with Crippen LogP contribution in [0.3, 0.4) is 0 Å². The van der Waals surface area contributed by atoms with Crippen LogP contribution in [0.2, 0.25) is 0 Å². The fourth-order valence-corrected chi connectivity index (χ4v) is 3.02. The van der Waals surface area contributed by atoms with Crippen molar-refractivity contribution in [1.29, 1.82) is 0 Å². The Kier molecular flexibility index (Phi) is 6.33. The molecular weight excluding hydrogens is 282 g/mol. The molecule has 3 nitrogen and oxygen atoms in total. The van der Waals surface area contributed by atoms with Crippen molar-refractivity contribution >= 4 is 17.7 Å². The van der Waals surface area contributed by atoms with Crippen LogP contribution >= 0.6 is 11.8 Å². The Morgan fingerprint density at radius 3 is 2.90 bits per heavy atom. The lowest BCUT2D eigenvalue weighted by Crippen LogP contribution is -2.39. The molecule has 0 aromatic heterocycles. The zero-order valence-electron chi connectivity index (χ0n) is 12.6. The Bertz CT molecular complexity index is 481. The fourth-order valence-electron chi connectivity index (χ4n) is 2.56. The topological polar surface area (TPSA) is 29.5 Å². The molecule has 1 aromatic carbocycles. The molecular formula is C17H23NO2S. The van der Waals surface area contributed by atoms with Crippen LogP contribution in [-0.2, 0) is 4.74 Å². The van der Waals surface area contributed by atoms with E-state index in [2.05, 4.69) is 6.58 Å². The van der Waals surface area contributed by atoms with E-state index in [1.54, 1.807) is 17.8 Å². The lowest BCUT2D eigenvalue weighted by Gasteiger charge is -2.32. The van der Waals surface area contributed by atoms with Crippen molar-refractivity contribution in [3.63, 3.8) is 0 Å². The van der Waals surface area contributed by atoms with E-state index in [0.29, 0.717) is 12.5 Å². The van der Waals surface area contributed by atoms with Gasteiger partial charge in [0.2, 0.25) is 0 Å². The molecule has 0 spiro atoms.